The van der Waals surface area contributed by atoms with Gasteiger partial charge in [0.05, 0.1) is 21.3 Å². The highest BCUT2D eigenvalue weighted by Gasteiger charge is 2.28. The molecule has 6 heteroatoms. The van der Waals surface area contributed by atoms with E-state index >= 15 is 0 Å². The predicted octanol–water partition coefficient (Wildman–Crippen LogP) is 1.75. The molecule has 0 aliphatic carbocycles. The third kappa shape index (κ3) is 4.19. The molecule has 1 aromatic rings. The Morgan fingerprint density at radius 1 is 0.920 bits per heavy atom. The minimum Gasteiger partial charge on any atom is -0.493 e. The number of nitrogens with one attached hydrogen (secondary N) is 1. The van der Waals surface area contributed by atoms with E-state index < -0.39 is 0 Å². The molecule has 2 aliphatic rings. The summed E-state index contributed by atoms with van der Waals surface area (Å²) in [6.07, 6.45) is 2.62. The molecule has 1 unspecified atom stereocenters. The number of benzene rings is 1. The van der Waals surface area contributed by atoms with E-state index in [0.717, 1.165) is 44.2 Å². The fourth-order valence-corrected chi connectivity index (χ4v) is 3.93. The molecular weight excluding hydrogens is 318 g/mol. The van der Waals surface area contributed by atoms with Crippen molar-refractivity contribution < 1.29 is 14.2 Å². The van der Waals surface area contributed by atoms with Crippen LogP contribution < -0.4 is 19.5 Å². The number of piperazine rings is 1. The molecule has 25 heavy (non-hydrogen) atoms. The lowest BCUT2D eigenvalue weighted by atomic mass is 10.0. The van der Waals surface area contributed by atoms with E-state index in [-0.39, 0.29) is 0 Å². The fraction of sp³-hybridized carbons (Fsp3) is 0.684. The highest BCUT2D eigenvalue weighted by molar-refractivity contribution is 5.54. The molecule has 0 radical (unpaired) electrons. The zero-order valence-electron chi connectivity index (χ0n) is 15.7. The summed E-state index contributed by atoms with van der Waals surface area (Å²) in [5.41, 5.74) is 1.24. The van der Waals surface area contributed by atoms with E-state index in [1.54, 1.807) is 21.3 Å². The Bertz CT molecular complexity index is 530. The van der Waals surface area contributed by atoms with Crippen molar-refractivity contribution in [2.24, 2.45) is 0 Å². The maximum absolute atomic E-state index is 5.58. The van der Waals surface area contributed by atoms with Gasteiger partial charge in [-0.1, -0.05) is 0 Å². The average Bonchev–Trinajstić information content (AvgIpc) is 3.18. The first-order valence-electron chi connectivity index (χ1n) is 9.24. The number of likely N-dealkylation sites (tertiary alicyclic amines) is 1. The van der Waals surface area contributed by atoms with Crippen molar-refractivity contribution in [2.45, 2.75) is 18.9 Å². The Morgan fingerprint density at radius 2 is 1.52 bits per heavy atom. The van der Waals surface area contributed by atoms with Gasteiger partial charge in [-0.2, -0.15) is 0 Å². The SMILES string of the molecule is COc1cc(C(CN2CCCC2)N2CCNCC2)cc(OC)c1OC. The van der Waals surface area contributed by atoms with E-state index in [4.69, 9.17) is 14.2 Å². The van der Waals surface area contributed by atoms with Crippen molar-refractivity contribution in [1.29, 1.82) is 0 Å². The molecule has 1 N–H and O–H groups in total. The van der Waals surface area contributed by atoms with Crippen LogP contribution in [-0.4, -0.2) is 76.9 Å². The van der Waals surface area contributed by atoms with Gasteiger partial charge in [-0.25, -0.2) is 0 Å². The molecule has 6 nitrogen and oxygen atoms in total. The van der Waals surface area contributed by atoms with Crippen LogP contribution in [0, 0.1) is 0 Å². The Morgan fingerprint density at radius 3 is 2.04 bits per heavy atom. The number of hydrogen-bond donors (Lipinski definition) is 1. The molecule has 1 aromatic carbocycles. The summed E-state index contributed by atoms with van der Waals surface area (Å²) in [6, 6.07) is 4.57. The van der Waals surface area contributed by atoms with Crippen LogP contribution in [0.25, 0.3) is 0 Å². The second kappa shape index (κ2) is 8.74. The maximum Gasteiger partial charge on any atom is 0.203 e. The van der Waals surface area contributed by atoms with E-state index in [9.17, 15) is 0 Å². The average molecular weight is 349 g/mol. The first-order valence-corrected chi connectivity index (χ1v) is 9.24. The molecule has 140 valence electrons. The van der Waals surface area contributed by atoms with Crippen molar-refractivity contribution in [3.8, 4) is 17.2 Å². The molecule has 2 aliphatic heterocycles. The largest absolute Gasteiger partial charge is 0.493 e. The van der Waals surface area contributed by atoms with Gasteiger partial charge in [0.15, 0.2) is 11.5 Å². The van der Waals surface area contributed by atoms with Gasteiger partial charge in [-0.3, -0.25) is 4.90 Å². The Labute approximate surface area is 151 Å². The molecule has 0 bridgehead atoms. The summed E-state index contributed by atoms with van der Waals surface area (Å²) in [7, 11) is 5.01. The van der Waals surface area contributed by atoms with Crippen LogP contribution in [0.15, 0.2) is 12.1 Å². The second-order valence-electron chi connectivity index (χ2n) is 6.77. The summed E-state index contributed by atoms with van der Waals surface area (Å²) >= 11 is 0. The predicted molar refractivity (Wildman–Crippen MR) is 99.0 cm³/mol. The van der Waals surface area contributed by atoms with Crippen molar-refractivity contribution in [3.05, 3.63) is 17.7 Å². The summed E-state index contributed by atoms with van der Waals surface area (Å²) < 4.78 is 16.6. The minimum atomic E-state index is 0.342. The molecule has 0 amide bonds. The van der Waals surface area contributed by atoms with Crippen LogP contribution >= 0.6 is 0 Å². The van der Waals surface area contributed by atoms with Crippen molar-refractivity contribution in [1.82, 2.24) is 15.1 Å². The number of hydrogen-bond acceptors (Lipinski definition) is 6. The summed E-state index contributed by atoms with van der Waals surface area (Å²) in [4.78, 5) is 5.16. The van der Waals surface area contributed by atoms with Crippen LogP contribution in [-0.2, 0) is 0 Å². The first kappa shape index (κ1) is 18.3. The molecule has 1 atom stereocenters. The number of rotatable bonds is 7. The van der Waals surface area contributed by atoms with E-state index in [0.29, 0.717) is 11.8 Å². The summed E-state index contributed by atoms with van der Waals surface area (Å²) in [5.74, 6) is 2.13. The van der Waals surface area contributed by atoms with E-state index in [1.807, 2.05) is 0 Å². The zero-order valence-corrected chi connectivity index (χ0v) is 15.7. The highest BCUT2D eigenvalue weighted by atomic mass is 16.5. The van der Waals surface area contributed by atoms with Gasteiger partial charge in [-0.05, 0) is 43.6 Å². The molecule has 0 spiro atoms. The fourth-order valence-electron chi connectivity index (χ4n) is 3.93. The topological polar surface area (TPSA) is 46.2 Å². The Balaban J connectivity index is 1.92. The van der Waals surface area contributed by atoms with Crippen LogP contribution in [0.3, 0.4) is 0 Å². The monoisotopic (exact) mass is 349 g/mol. The normalized spacial score (nSPS) is 20.4. The zero-order chi connectivity index (χ0) is 17.6. The van der Waals surface area contributed by atoms with Crippen molar-refractivity contribution in [3.63, 3.8) is 0 Å². The van der Waals surface area contributed by atoms with Gasteiger partial charge < -0.3 is 24.4 Å². The van der Waals surface area contributed by atoms with Crippen LogP contribution in [0.1, 0.15) is 24.4 Å². The highest BCUT2D eigenvalue weighted by Crippen LogP contribution is 2.41. The third-order valence-electron chi connectivity index (χ3n) is 5.29. The molecule has 0 aromatic heterocycles. The number of ether oxygens (including phenoxy) is 3. The van der Waals surface area contributed by atoms with E-state index in [1.165, 1.54) is 31.5 Å². The van der Waals surface area contributed by atoms with Crippen LogP contribution in [0.2, 0.25) is 0 Å². The molecule has 3 rings (SSSR count). The van der Waals surface area contributed by atoms with Crippen molar-refractivity contribution in [2.75, 3.05) is 67.1 Å². The Hall–Kier alpha value is -1.50. The molecule has 0 saturated carbocycles. The summed E-state index contributed by atoms with van der Waals surface area (Å²) in [6.45, 7) is 7.67. The van der Waals surface area contributed by atoms with Crippen LogP contribution in [0.5, 0.6) is 17.2 Å². The van der Waals surface area contributed by atoms with Gasteiger partial charge >= 0.3 is 0 Å². The van der Waals surface area contributed by atoms with Gasteiger partial charge in [-0.15, -0.1) is 0 Å². The second-order valence-corrected chi connectivity index (χ2v) is 6.77. The first-order chi connectivity index (χ1) is 12.3. The lowest BCUT2D eigenvalue weighted by Crippen LogP contribution is -2.47. The third-order valence-corrected chi connectivity index (χ3v) is 5.29. The lowest BCUT2D eigenvalue weighted by molar-refractivity contribution is 0.134. The summed E-state index contributed by atoms with van der Waals surface area (Å²) in [5, 5.41) is 3.45. The van der Waals surface area contributed by atoms with Gasteiger partial charge in [0.25, 0.3) is 0 Å². The van der Waals surface area contributed by atoms with Gasteiger partial charge in [0, 0.05) is 38.8 Å². The molecule has 2 fully saturated rings. The minimum absolute atomic E-state index is 0.342. The van der Waals surface area contributed by atoms with Gasteiger partial charge in [0.2, 0.25) is 5.75 Å². The number of nitrogens with zero attached hydrogens (tertiary/aromatic N) is 2. The smallest absolute Gasteiger partial charge is 0.203 e. The van der Waals surface area contributed by atoms with E-state index in [2.05, 4.69) is 27.2 Å². The molecule has 2 saturated heterocycles. The van der Waals surface area contributed by atoms with Crippen LogP contribution in [0.4, 0.5) is 0 Å². The molecular formula is C19H31N3O3. The van der Waals surface area contributed by atoms with Gasteiger partial charge in [0.1, 0.15) is 0 Å². The quantitative estimate of drug-likeness (QED) is 0.809. The number of methoxy groups -OCH3 is 3. The maximum atomic E-state index is 5.58. The Kier molecular flexibility index (Phi) is 6.39. The molecule has 2 heterocycles. The lowest BCUT2D eigenvalue weighted by Gasteiger charge is -2.37. The van der Waals surface area contributed by atoms with Crippen molar-refractivity contribution >= 4 is 0 Å². The standard InChI is InChI=1S/C19H31N3O3/c1-23-17-12-15(13-18(24-2)19(17)25-3)16(14-21-8-4-5-9-21)22-10-6-20-7-11-22/h12-13,16,20H,4-11,14H2,1-3H3.